The molecule has 1 fully saturated rings. The number of anilines is 1. The van der Waals surface area contributed by atoms with Gasteiger partial charge >= 0.3 is 0 Å². The standard InChI is InChI=1S/C20H25ClFN5O3/c1-27(2)18(29)16-20(19(23)30,25-10-24-16)12-5-3-11(4-6-12)17(28)26-15-8-7-13(22)9-14(15)21/h7-9,11-12,25H,3-6,10H2,1-2H3,(H2,23,30)(H,26,28). The summed E-state index contributed by atoms with van der Waals surface area (Å²) >= 11 is 5.98. The fourth-order valence-electron chi connectivity index (χ4n) is 4.26. The van der Waals surface area contributed by atoms with Crippen molar-refractivity contribution in [1.82, 2.24) is 10.2 Å². The second-order valence-electron chi connectivity index (χ2n) is 7.88. The molecule has 1 aromatic rings. The van der Waals surface area contributed by atoms with E-state index in [4.69, 9.17) is 17.3 Å². The third-order valence-corrected chi connectivity index (χ3v) is 6.18. The van der Waals surface area contributed by atoms with Crippen molar-refractivity contribution < 1.29 is 18.8 Å². The first kappa shape index (κ1) is 22.2. The highest BCUT2D eigenvalue weighted by atomic mass is 35.5. The summed E-state index contributed by atoms with van der Waals surface area (Å²) in [6, 6.07) is 3.78. The topological polar surface area (TPSA) is 117 Å². The lowest BCUT2D eigenvalue weighted by molar-refractivity contribution is -0.127. The van der Waals surface area contributed by atoms with E-state index in [-0.39, 0.29) is 41.1 Å². The highest BCUT2D eigenvalue weighted by molar-refractivity contribution is 6.47. The normalized spacial score (nSPS) is 26.1. The number of hydrogen-bond donors (Lipinski definition) is 3. The molecule has 0 aromatic heterocycles. The maximum absolute atomic E-state index is 13.2. The first-order valence-electron chi connectivity index (χ1n) is 9.74. The van der Waals surface area contributed by atoms with Gasteiger partial charge in [-0.2, -0.15) is 0 Å². The molecule has 1 aromatic carbocycles. The largest absolute Gasteiger partial charge is 0.368 e. The van der Waals surface area contributed by atoms with Gasteiger partial charge in [-0.3, -0.25) is 24.7 Å². The van der Waals surface area contributed by atoms with Gasteiger partial charge in [0.05, 0.1) is 17.4 Å². The van der Waals surface area contributed by atoms with Crippen LogP contribution in [0.3, 0.4) is 0 Å². The van der Waals surface area contributed by atoms with Gasteiger partial charge in [-0.25, -0.2) is 4.39 Å². The molecule has 3 rings (SSSR count). The van der Waals surface area contributed by atoms with Crippen LogP contribution in [0.15, 0.2) is 23.2 Å². The zero-order valence-corrected chi connectivity index (χ0v) is 17.6. The number of nitrogens with zero attached hydrogens (tertiary/aromatic N) is 2. The van der Waals surface area contributed by atoms with Crippen LogP contribution < -0.4 is 16.4 Å². The van der Waals surface area contributed by atoms with Crippen LogP contribution in [0.4, 0.5) is 10.1 Å². The van der Waals surface area contributed by atoms with Crippen LogP contribution in [0, 0.1) is 17.7 Å². The Morgan fingerprint density at radius 2 is 1.93 bits per heavy atom. The van der Waals surface area contributed by atoms with E-state index in [9.17, 15) is 18.8 Å². The van der Waals surface area contributed by atoms with E-state index in [2.05, 4.69) is 15.6 Å². The van der Waals surface area contributed by atoms with Crippen molar-refractivity contribution in [3.05, 3.63) is 29.0 Å². The summed E-state index contributed by atoms with van der Waals surface area (Å²) in [7, 11) is 3.19. The van der Waals surface area contributed by atoms with Crippen LogP contribution in [-0.2, 0) is 14.4 Å². The highest BCUT2D eigenvalue weighted by Gasteiger charge is 2.54. The van der Waals surface area contributed by atoms with Crippen molar-refractivity contribution in [2.45, 2.75) is 31.2 Å². The van der Waals surface area contributed by atoms with Gasteiger partial charge in [0, 0.05) is 20.0 Å². The second kappa shape index (κ2) is 8.69. The second-order valence-corrected chi connectivity index (χ2v) is 8.28. The molecule has 3 amide bonds. The van der Waals surface area contributed by atoms with Gasteiger partial charge in [-0.05, 0) is 49.8 Å². The number of carbonyl (C=O) groups is 3. The van der Waals surface area contributed by atoms with Crippen molar-refractivity contribution in [3.8, 4) is 0 Å². The number of aliphatic imine (C=N–C) groups is 1. The molecular weight excluding hydrogens is 413 g/mol. The zero-order chi connectivity index (χ0) is 22.1. The van der Waals surface area contributed by atoms with Gasteiger partial charge in [-0.15, -0.1) is 0 Å². The number of rotatable bonds is 5. The molecule has 0 bridgehead atoms. The Morgan fingerprint density at radius 3 is 2.50 bits per heavy atom. The Hall–Kier alpha value is -2.52. The Labute approximate surface area is 179 Å². The molecule has 4 N–H and O–H groups in total. The number of hydrogen-bond acceptors (Lipinski definition) is 5. The third-order valence-electron chi connectivity index (χ3n) is 5.87. The number of carbonyl (C=O) groups excluding carboxylic acids is 3. The van der Waals surface area contributed by atoms with E-state index in [1.165, 1.54) is 17.0 Å². The van der Waals surface area contributed by atoms with Crippen molar-refractivity contribution in [2.24, 2.45) is 22.6 Å². The Morgan fingerprint density at radius 1 is 1.27 bits per heavy atom. The summed E-state index contributed by atoms with van der Waals surface area (Å²) in [4.78, 5) is 43.3. The molecule has 1 aliphatic heterocycles. The predicted octanol–water partition coefficient (Wildman–Crippen LogP) is 1.54. The molecule has 1 unspecified atom stereocenters. The van der Waals surface area contributed by atoms with Gasteiger partial charge in [0.15, 0.2) is 0 Å². The lowest BCUT2D eigenvalue weighted by Gasteiger charge is -2.39. The van der Waals surface area contributed by atoms with Crippen molar-refractivity contribution >= 4 is 40.7 Å². The van der Waals surface area contributed by atoms with Gasteiger partial charge in [0.1, 0.15) is 17.1 Å². The number of primary amides is 1. The molecule has 1 saturated carbocycles. The van der Waals surface area contributed by atoms with Crippen molar-refractivity contribution in [2.75, 3.05) is 26.1 Å². The number of nitrogens with one attached hydrogen (secondary N) is 2. The van der Waals surface area contributed by atoms with Crippen molar-refractivity contribution in [3.63, 3.8) is 0 Å². The molecule has 10 heteroatoms. The lowest BCUT2D eigenvalue weighted by atomic mass is 9.69. The molecule has 0 spiro atoms. The van der Waals surface area contributed by atoms with E-state index < -0.39 is 17.3 Å². The summed E-state index contributed by atoms with van der Waals surface area (Å²) < 4.78 is 13.2. The van der Waals surface area contributed by atoms with E-state index in [1.54, 1.807) is 14.1 Å². The van der Waals surface area contributed by atoms with Crippen LogP contribution >= 0.6 is 11.6 Å². The Kier molecular flexibility index (Phi) is 6.42. The molecule has 8 nitrogen and oxygen atoms in total. The SMILES string of the molecule is CN(C)C(=O)C1=NCNC1(C(N)=O)C1CCC(C(=O)Nc2ccc(F)cc2Cl)CC1. The molecule has 30 heavy (non-hydrogen) atoms. The van der Waals surface area contributed by atoms with Gasteiger partial charge < -0.3 is 16.0 Å². The number of benzene rings is 1. The molecule has 162 valence electrons. The maximum Gasteiger partial charge on any atom is 0.269 e. The molecule has 1 atom stereocenters. The fourth-order valence-corrected chi connectivity index (χ4v) is 4.47. The van der Waals surface area contributed by atoms with Crippen LogP contribution in [0.1, 0.15) is 25.7 Å². The van der Waals surface area contributed by atoms with E-state index >= 15 is 0 Å². The monoisotopic (exact) mass is 437 g/mol. The minimum Gasteiger partial charge on any atom is -0.368 e. The van der Waals surface area contributed by atoms with Crippen LogP contribution in [0.2, 0.25) is 5.02 Å². The third kappa shape index (κ3) is 4.04. The highest BCUT2D eigenvalue weighted by Crippen LogP contribution is 2.39. The number of nitrogens with two attached hydrogens (primary N) is 1. The first-order chi connectivity index (χ1) is 14.2. The van der Waals surface area contributed by atoms with Crippen LogP contribution in [-0.4, -0.2) is 54.6 Å². The van der Waals surface area contributed by atoms with Crippen LogP contribution in [0.5, 0.6) is 0 Å². The van der Waals surface area contributed by atoms with Gasteiger partial charge in [-0.1, -0.05) is 11.6 Å². The summed E-state index contributed by atoms with van der Waals surface area (Å²) in [6.45, 7) is 0.140. The van der Waals surface area contributed by atoms with E-state index in [0.717, 1.165) is 6.07 Å². The van der Waals surface area contributed by atoms with Gasteiger partial charge in [0.25, 0.3) is 5.91 Å². The molecule has 1 aliphatic carbocycles. The zero-order valence-electron chi connectivity index (χ0n) is 16.9. The Bertz CT molecular complexity index is 898. The summed E-state index contributed by atoms with van der Waals surface area (Å²) in [6.07, 6.45) is 2.06. The molecular formula is C20H25ClFN5O3. The predicted molar refractivity (Wildman–Crippen MR) is 112 cm³/mol. The van der Waals surface area contributed by atoms with E-state index in [0.29, 0.717) is 31.4 Å². The average molecular weight is 438 g/mol. The quantitative estimate of drug-likeness (QED) is 0.647. The van der Waals surface area contributed by atoms with E-state index in [1.807, 2.05) is 0 Å². The van der Waals surface area contributed by atoms with Crippen molar-refractivity contribution in [1.29, 1.82) is 0 Å². The van der Waals surface area contributed by atoms with Gasteiger partial charge in [0.2, 0.25) is 11.8 Å². The summed E-state index contributed by atoms with van der Waals surface area (Å²) in [5.41, 5.74) is 4.89. The minimum absolute atomic E-state index is 0.128. The fraction of sp³-hybridized carbons (Fsp3) is 0.500. The van der Waals surface area contributed by atoms with Crippen LogP contribution in [0.25, 0.3) is 0 Å². The summed E-state index contributed by atoms with van der Waals surface area (Å²) in [5.74, 6) is -2.24. The lowest BCUT2D eigenvalue weighted by Crippen LogP contribution is -2.65. The average Bonchev–Trinajstić information content (AvgIpc) is 3.15. The molecule has 0 saturated heterocycles. The smallest absolute Gasteiger partial charge is 0.269 e. The minimum atomic E-state index is -1.33. The number of amides is 3. The number of halogens is 2. The molecule has 2 aliphatic rings. The Balaban J connectivity index is 1.70. The first-order valence-corrected chi connectivity index (χ1v) is 10.1. The molecule has 0 radical (unpaired) electrons. The maximum atomic E-state index is 13.2. The molecule has 1 heterocycles. The summed E-state index contributed by atoms with van der Waals surface area (Å²) in [5, 5.41) is 5.91.